The van der Waals surface area contributed by atoms with Crippen molar-refractivity contribution in [3.05, 3.63) is 54.8 Å². The third-order valence-corrected chi connectivity index (χ3v) is 3.64. The van der Waals surface area contributed by atoms with Gasteiger partial charge in [0.15, 0.2) is 5.11 Å². The summed E-state index contributed by atoms with van der Waals surface area (Å²) >= 11 is 5.20. The zero-order chi connectivity index (χ0) is 16.8. The molecule has 0 amide bonds. The van der Waals surface area contributed by atoms with Crippen molar-refractivity contribution < 1.29 is 14.3 Å². The highest BCUT2D eigenvalue weighted by atomic mass is 32.1. The summed E-state index contributed by atoms with van der Waals surface area (Å²) in [6.07, 6.45) is 1.53. The van der Waals surface area contributed by atoms with Crippen molar-refractivity contribution >= 4 is 23.3 Å². The lowest BCUT2D eigenvalue weighted by Crippen LogP contribution is -2.51. The molecule has 0 radical (unpaired) electrons. The largest absolute Gasteiger partial charge is 0.494 e. The predicted molar refractivity (Wildman–Crippen MR) is 93.0 cm³/mol. The Balaban J connectivity index is 2.38. The van der Waals surface area contributed by atoms with Crippen LogP contribution in [0, 0.1) is 5.92 Å². The molecule has 1 aliphatic rings. The quantitative estimate of drug-likeness (QED) is 0.474. The van der Waals surface area contributed by atoms with Crippen LogP contribution in [0.5, 0.6) is 5.75 Å². The molecule has 6 heteroatoms. The average Bonchev–Trinajstić information content (AvgIpc) is 2.52. The van der Waals surface area contributed by atoms with Crippen molar-refractivity contribution in [1.29, 1.82) is 0 Å². The number of carbonyl (C=O) groups excluding carboxylic acids is 1. The highest BCUT2D eigenvalue weighted by Gasteiger charge is 2.38. The zero-order valence-corrected chi connectivity index (χ0v) is 13.8. The van der Waals surface area contributed by atoms with Gasteiger partial charge in [0, 0.05) is 11.3 Å². The normalized spacial score (nSPS) is 20.2. The van der Waals surface area contributed by atoms with Gasteiger partial charge < -0.3 is 20.1 Å². The van der Waals surface area contributed by atoms with Crippen LogP contribution in [-0.4, -0.2) is 24.3 Å². The Morgan fingerprint density at radius 3 is 2.87 bits per heavy atom. The molecule has 0 spiro atoms. The van der Waals surface area contributed by atoms with Crippen molar-refractivity contribution in [2.75, 3.05) is 13.2 Å². The topological polar surface area (TPSA) is 59.6 Å². The lowest BCUT2D eigenvalue weighted by atomic mass is 9.88. The molecule has 2 atom stereocenters. The summed E-state index contributed by atoms with van der Waals surface area (Å²) < 4.78 is 10.9. The van der Waals surface area contributed by atoms with Gasteiger partial charge in [0.25, 0.3) is 0 Å². The molecular formula is C17H20N2O3S. The molecular weight excluding hydrogens is 312 g/mol. The van der Waals surface area contributed by atoms with Crippen LogP contribution in [0.25, 0.3) is 0 Å². The summed E-state index contributed by atoms with van der Waals surface area (Å²) in [5.74, 6) is -0.316. The zero-order valence-electron chi connectivity index (χ0n) is 13.0. The van der Waals surface area contributed by atoms with Crippen molar-refractivity contribution in [3.8, 4) is 5.75 Å². The first-order chi connectivity index (χ1) is 11.1. The highest BCUT2D eigenvalue weighted by Crippen LogP contribution is 2.35. The number of rotatable bonds is 6. The standard InChI is InChI=1S/C17H20N2O3S/c1-4-10-22-16(20)14-11(3)18-17(23)19-15(14)12-8-6-7-9-13(12)21-5-2/h4,6-9,14-15H,1,3,5,10H2,2H3,(H2,18,19,23)/t14-,15+/m0/s1. The van der Waals surface area contributed by atoms with E-state index in [1.165, 1.54) is 6.08 Å². The lowest BCUT2D eigenvalue weighted by Gasteiger charge is -2.35. The maximum atomic E-state index is 12.4. The number of nitrogens with one attached hydrogen (secondary N) is 2. The van der Waals surface area contributed by atoms with E-state index < -0.39 is 17.9 Å². The molecule has 1 aromatic carbocycles. The van der Waals surface area contributed by atoms with Crippen LogP contribution < -0.4 is 15.4 Å². The Labute approximate surface area is 141 Å². The fraction of sp³-hybridized carbons (Fsp3) is 0.294. The second kappa shape index (κ2) is 7.78. The minimum absolute atomic E-state index is 0.146. The molecule has 1 heterocycles. The van der Waals surface area contributed by atoms with Gasteiger partial charge >= 0.3 is 5.97 Å². The van der Waals surface area contributed by atoms with Crippen LogP contribution in [0.2, 0.25) is 0 Å². The highest BCUT2D eigenvalue weighted by molar-refractivity contribution is 7.80. The number of hydrogen-bond donors (Lipinski definition) is 2. The number of ether oxygens (including phenoxy) is 2. The van der Waals surface area contributed by atoms with Crippen LogP contribution in [0.4, 0.5) is 0 Å². The van der Waals surface area contributed by atoms with E-state index in [1.807, 2.05) is 31.2 Å². The van der Waals surface area contributed by atoms with E-state index in [9.17, 15) is 4.79 Å². The monoisotopic (exact) mass is 332 g/mol. The van der Waals surface area contributed by atoms with Gasteiger partial charge in [-0.1, -0.05) is 37.4 Å². The summed E-state index contributed by atoms with van der Waals surface area (Å²) in [7, 11) is 0. The molecule has 0 bridgehead atoms. The van der Waals surface area contributed by atoms with Gasteiger partial charge in [-0.15, -0.1) is 0 Å². The van der Waals surface area contributed by atoms with Crippen LogP contribution in [-0.2, 0) is 9.53 Å². The SMILES string of the molecule is C=CCOC(=O)[C@H]1C(=C)NC(=S)N[C@@H]1c1ccccc1OCC. The van der Waals surface area contributed by atoms with Crippen molar-refractivity contribution in [2.45, 2.75) is 13.0 Å². The molecule has 1 saturated heterocycles. The maximum absolute atomic E-state index is 12.4. The second-order valence-corrected chi connectivity index (χ2v) is 5.38. The van der Waals surface area contributed by atoms with Gasteiger partial charge in [0.2, 0.25) is 0 Å². The Kier molecular flexibility index (Phi) is 5.76. The summed E-state index contributed by atoms with van der Waals surface area (Å²) in [4.78, 5) is 12.4. The fourth-order valence-corrected chi connectivity index (χ4v) is 2.73. The molecule has 1 fully saturated rings. The van der Waals surface area contributed by atoms with Gasteiger partial charge in [-0.3, -0.25) is 4.79 Å². The molecule has 0 aliphatic carbocycles. The number of esters is 1. The van der Waals surface area contributed by atoms with Gasteiger partial charge in [-0.2, -0.15) is 0 Å². The van der Waals surface area contributed by atoms with E-state index in [1.54, 1.807) is 0 Å². The number of benzene rings is 1. The molecule has 0 saturated carbocycles. The Bertz CT molecular complexity index is 630. The summed E-state index contributed by atoms with van der Waals surface area (Å²) in [6.45, 7) is 10.1. The second-order valence-electron chi connectivity index (χ2n) is 4.97. The number of carbonyl (C=O) groups is 1. The Morgan fingerprint density at radius 2 is 2.17 bits per heavy atom. The fourth-order valence-electron chi connectivity index (χ4n) is 2.48. The first-order valence-electron chi connectivity index (χ1n) is 7.34. The lowest BCUT2D eigenvalue weighted by molar-refractivity contribution is -0.147. The molecule has 2 rings (SSSR count). The predicted octanol–water partition coefficient (Wildman–Crippen LogP) is 2.46. The van der Waals surface area contributed by atoms with Crippen molar-refractivity contribution in [1.82, 2.24) is 10.6 Å². The summed E-state index contributed by atoms with van der Waals surface area (Å²) in [6, 6.07) is 7.13. The minimum atomic E-state index is -0.622. The first kappa shape index (κ1) is 17.0. The minimum Gasteiger partial charge on any atom is -0.494 e. The first-order valence-corrected chi connectivity index (χ1v) is 7.74. The molecule has 2 N–H and O–H groups in total. The van der Waals surface area contributed by atoms with Crippen molar-refractivity contribution in [2.24, 2.45) is 5.92 Å². The molecule has 23 heavy (non-hydrogen) atoms. The molecule has 122 valence electrons. The van der Waals surface area contributed by atoms with Crippen LogP contribution >= 0.6 is 12.2 Å². The molecule has 5 nitrogen and oxygen atoms in total. The number of thiocarbonyl (C=S) groups is 1. The summed E-state index contributed by atoms with van der Waals surface area (Å²) in [5, 5.41) is 6.43. The van der Waals surface area contributed by atoms with E-state index in [2.05, 4.69) is 23.8 Å². The smallest absolute Gasteiger partial charge is 0.317 e. The van der Waals surface area contributed by atoms with E-state index in [0.29, 0.717) is 23.2 Å². The Morgan fingerprint density at radius 1 is 1.43 bits per heavy atom. The van der Waals surface area contributed by atoms with Crippen LogP contribution in [0.15, 0.2) is 49.2 Å². The molecule has 0 aromatic heterocycles. The van der Waals surface area contributed by atoms with Gasteiger partial charge in [-0.05, 0) is 25.2 Å². The number of hydrogen-bond acceptors (Lipinski definition) is 4. The van der Waals surface area contributed by atoms with Gasteiger partial charge in [0.1, 0.15) is 18.3 Å². The van der Waals surface area contributed by atoms with Gasteiger partial charge in [0.05, 0.1) is 12.6 Å². The van der Waals surface area contributed by atoms with Crippen LogP contribution in [0.3, 0.4) is 0 Å². The number of para-hydroxylation sites is 1. The average molecular weight is 332 g/mol. The third-order valence-electron chi connectivity index (χ3n) is 3.42. The van der Waals surface area contributed by atoms with E-state index in [-0.39, 0.29) is 6.61 Å². The van der Waals surface area contributed by atoms with E-state index in [0.717, 1.165) is 5.56 Å². The van der Waals surface area contributed by atoms with Crippen LogP contribution in [0.1, 0.15) is 18.5 Å². The Hall–Kier alpha value is -2.34. The molecule has 0 unspecified atom stereocenters. The van der Waals surface area contributed by atoms with Gasteiger partial charge in [-0.25, -0.2) is 0 Å². The van der Waals surface area contributed by atoms with E-state index in [4.69, 9.17) is 21.7 Å². The van der Waals surface area contributed by atoms with E-state index >= 15 is 0 Å². The molecule has 1 aliphatic heterocycles. The molecule has 1 aromatic rings. The maximum Gasteiger partial charge on any atom is 0.317 e. The summed E-state index contributed by atoms with van der Waals surface area (Å²) in [5.41, 5.74) is 1.33. The third kappa shape index (κ3) is 3.90. The van der Waals surface area contributed by atoms with Crippen molar-refractivity contribution in [3.63, 3.8) is 0 Å².